The number of hydrogen-bond donors (Lipinski definition) is 0. The highest BCUT2D eigenvalue weighted by molar-refractivity contribution is 7.98. The van der Waals surface area contributed by atoms with Crippen LogP contribution in [0.4, 0.5) is 0 Å². The van der Waals surface area contributed by atoms with Gasteiger partial charge in [-0.3, -0.25) is 0 Å². The lowest BCUT2D eigenvalue weighted by Crippen LogP contribution is -1.84. The minimum absolute atomic E-state index is 0.548. The van der Waals surface area contributed by atoms with Crippen LogP contribution in [0, 0.1) is 18.3 Å². The van der Waals surface area contributed by atoms with Gasteiger partial charge in [-0.2, -0.15) is 5.26 Å². The summed E-state index contributed by atoms with van der Waals surface area (Å²) in [6.07, 6.45) is 1.99. The smallest absolute Gasteiger partial charge is 0.101 e. The minimum atomic E-state index is 0.548. The Labute approximate surface area is 81.3 Å². The lowest BCUT2D eigenvalue weighted by Gasteiger charge is -2.04. The summed E-state index contributed by atoms with van der Waals surface area (Å²) in [4.78, 5) is 1.12. The van der Waals surface area contributed by atoms with Crippen molar-refractivity contribution in [1.29, 1.82) is 5.26 Å². The number of thioether (sulfide) groups is 1. The Morgan fingerprint density at radius 2 is 2.17 bits per heavy atom. The van der Waals surface area contributed by atoms with Gasteiger partial charge in [0.05, 0.1) is 10.6 Å². The molecule has 1 nitrogen and oxygen atoms in total. The summed E-state index contributed by atoms with van der Waals surface area (Å²) < 4.78 is 0. The molecule has 0 bridgehead atoms. The normalized spacial score (nSPS) is 9.50. The van der Waals surface area contributed by atoms with Gasteiger partial charge in [0.2, 0.25) is 0 Å². The molecule has 12 heavy (non-hydrogen) atoms. The summed E-state index contributed by atoms with van der Waals surface area (Å²) in [5.74, 6) is 0. The molecule has 0 saturated carbocycles. The summed E-state index contributed by atoms with van der Waals surface area (Å²) in [6.45, 7) is 1.93. The van der Waals surface area contributed by atoms with Crippen molar-refractivity contribution in [2.24, 2.45) is 0 Å². The minimum Gasteiger partial charge on any atom is -0.192 e. The van der Waals surface area contributed by atoms with Gasteiger partial charge in [0.1, 0.15) is 6.07 Å². The van der Waals surface area contributed by atoms with Crippen molar-refractivity contribution < 1.29 is 0 Å². The molecule has 0 atom stereocenters. The molecule has 0 heterocycles. The van der Waals surface area contributed by atoms with E-state index < -0.39 is 0 Å². The fraction of sp³-hybridized carbons (Fsp3) is 0.222. The van der Waals surface area contributed by atoms with E-state index in [1.54, 1.807) is 17.8 Å². The average molecular weight is 198 g/mol. The molecule has 0 amide bonds. The predicted molar refractivity (Wildman–Crippen MR) is 52.7 cm³/mol. The summed E-state index contributed by atoms with van der Waals surface area (Å²) in [5, 5.41) is 9.24. The topological polar surface area (TPSA) is 23.8 Å². The van der Waals surface area contributed by atoms with Gasteiger partial charge in [-0.1, -0.05) is 11.6 Å². The first-order chi connectivity index (χ1) is 5.70. The van der Waals surface area contributed by atoms with Crippen LogP contribution in [0.3, 0.4) is 0 Å². The van der Waals surface area contributed by atoms with E-state index in [2.05, 4.69) is 0 Å². The average Bonchev–Trinajstić information content (AvgIpc) is 2.10. The molecule has 0 spiro atoms. The largest absolute Gasteiger partial charge is 0.192 e. The Kier molecular flexibility index (Phi) is 3.02. The van der Waals surface area contributed by atoms with Gasteiger partial charge in [0.25, 0.3) is 0 Å². The van der Waals surface area contributed by atoms with Gasteiger partial charge < -0.3 is 0 Å². The monoisotopic (exact) mass is 197 g/mol. The molecule has 0 aliphatic rings. The summed E-state index contributed by atoms with van der Waals surface area (Å²) in [7, 11) is 0. The Morgan fingerprint density at radius 1 is 1.50 bits per heavy atom. The van der Waals surface area contributed by atoms with E-state index in [1.807, 2.05) is 25.3 Å². The van der Waals surface area contributed by atoms with E-state index in [1.165, 1.54) is 0 Å². The Morgan fingerprint density at radius 3 is 2.67 bits per heavy atom. The van der Waals surface area contributed by atoms with E-state index in [4.69, 9.17) is 16.9 Å². The van der Waals surface area contributed by atoms with E-state index in [0.29, 0.717) is 10.6 Å². The summed E-state index contributed by atoms with van der Waals surface area (Å²) in [6, 6.07) is 5.72. The quantitative estimate of drug-likeness (QED) is 0.646. The van der Waals surface area contributed by atoms with Crippen molar-refractivity contribution in [1.82, 2.24) is 0 Å². The Balaban J connectivity index is 3.32. The number of benzene rings is 1. The van der Waals surface area contributed by atoms with Gasteiger partial charge in [0.15, 0.2) is 0 Å². The molecule has 1 rings (SSSR count). The third-order valence-electron chi connectivity index (χ3n) is 1.68. The second-order valence-electron chi connectivity index (χ2n) is 2.37. The van der Waals surface area contributed by atoms with Crippen molar-refractivity contribution in [2.45, 2.75) is 11.8 Å². The van der Waals surface area contributed by atoms with Gasteiger partial charge in [-0.25, -0.2) is 0 Å². The van der Waals surface area contributed by atoms with Crippen LogP contribution in [-0.2, 0) is 0 Å². The second kappa shape index (κ2) is 3.84. The highest BCUT2D eigenvalue weighted by Gasteiger charge is 2.05. The molecule has 0 fully saturated rings. The van der Waals surface area contributed by atoms with Gasteiger partial charge >= 0.3 is 0 Å². The van der Waals surface area contributed by atoms with Crippen LogP contribution in [0.5, 0.6) is 0 Å². The number of rotatable bonds is 1. The zero-order valence-corrected chi connectivity index (χ0v) is 8.46. The zero-order valence-electron chi connectivity index (χ0n) is 6.89. The molecule has 0 radical (unpaired) electrons. The molecule has 0 aliphatic heterocycles. The van der Waals surface area contributed by atoms with Crippen LogP contribution in [-0.4, -0.2) is 6.26 Å². The van der Waals surface area contributed by atoms with Crippen LogP contribution < -0.4 is 0 Å². The van der Waals surface area contributed by atoms with Crippen molar-refractivity contribution in [3.8, 4) is 6.07 Å². The van der Waals surface area contributed by atoms with Crippen LogP contribution in [0.25, 0.3) is 0 Å². The molecule has 0 N–H and O–H groups in total. The number of nitrogens with zero attached hydrogens (tertiary/aromatic N) is 1. The van der Waals surface area contributed by atoms with E-state index in [9.17, 15) is 0 Å². The molecule has 1 aromatic carbocycles. The lowest BCUT2D eigenvalue weighted by atomic mass is 10.1. The number of nitriles is 1. The molecule has 1 aromatic rings. The molecule has 3 heteroatoms. The molecular formula is C9H8ClNS. The first kappa shape index (κ1) is 9.44. The third-order valence-corrected chi connectivity index (χ3v) is 3.05. The van der Waals surface area contributed by atoms with Crippen LogP contribution in [0.15, 0.2) is 17.0 Å². The van der Waals surface area contributed by atoms with Gasteiger partial charge in [-0.05, 0) is 30.9 Å². The standard InChI is InChI=1S/C9H8ClNS/c1-6-8(12-2)4-3-7(5-11)9(6)10/h3-4H,1-2H3. The SMILES string of the molecule is CSc1ccc(C#N)c(Cl)c1C. The number of hydrogen-bond acceptors (Lipinski definition) is 2. The van der Waals surface area contributed by atoms with Gasteiger partial charge in [-0.15, -0.1) is 11.8 Å². The van der Waals surface area contributed by atoms with Crippen molar-refractivity contribution in [2.75, 3.05) is 6.26 Å². The molecule has 0 saturated heterocycles. The maximum absolute atomic E-state index is 8.67. The van der Waals surface area contributed by atoms with Crippen LogP contribution in [0.1, 0.15) is 11.1 Å². The fourth-order valence-corrected chi connectivity index (χ4v) is 1.85. The van der Waals surface area contributed by atoms with Crippen molar-refractivity contribution in [3.05, 3.63) is 28.3 Å². The second-order valence-corrected chi connectivity index (χ2v) is 3.59. The molecule has 0 aliphatic carbocycles. The van der Waals surface area contributed by atoms with E-state index >= 15 is 0 Å². The van der Waals surface area contributed by atoms with E-state index in [-0.39, 0.29) is 0 Å². The fourth-order valence-electron chi connectivity index (χ4n) is 0.975. The maximum Gasteiger partial charge on any atom is 0.101 e. The van der Waals surface area contributed by atoms with Crippen LogP contribution in [0.2, 0.25) is 5.02 Å². The number of halogens is 1. The highest BCUT2D eigenvalue weighted by Crippen LogP contribution is 2.28. The van der Waals surface area contributed by atoms with Crippen molar-refractivity contribution in [3.63, 3.8) is 0 Å². The van der Waals surface area contributed by atoms with Crippen molar-refractivity contribution >= 4 is 23.4 Å². The zero-order chi connectivity index (χ0) is 9.14. The van der Waals surface area contributed by atoms with Gasteiger partial charge in [0, 0.05) is 4.90 Å². The maximum atomic E-state index is 8.67. The Bertz CT molecular complexity index is 341. The predicted octanol–water partition coefficient (Wildman–Crippen LogP) is 3.24. The highest BCUT2D eigenvalue weighted by atomic mass is 35.5. The summed E-state index contributed by atoms with van der Waals surface area (Å²) in [5.41, 5.74) is 1.54. The third kappa shape index (κ3) is 1.57. The van der Waals surface area contributed by atoms with Crippen LogP contribution >= 0.6 is 23.4 Å². The molecular weight excluding hydrogens is 190 g/mol. The molecule has 0 aromatic heterocycles. The molecule has 62 valence electrons. The first-order valence-corrected chi connectivity index (χ1v) is 5.04. The first-order valence-electron chi connectivity index (χ1n) is 3.44. The summed E-state index contributed by atoms with van der Waals surface area (Å²) >= 11 is 7.58. The molecule has 0 unspecified atom stereocenters. The van der Waals surface area contributed by atoms with E-state index in [0.717, 1.165) is 10.5 Å². The lowest BCUT2D eigenvalue weighted by molar-refractivity contribution is 1.29. The Hall–Kier alpha value is -0.650.